The molecule has 0 aliphatic heterocycles. The lowest BCUT2D eigenvalue weighted by atomic mass is 10.2. The van der Waals surface area contributed by atoms with Gasteiger partial charge < -0.3 is 15.7 Å². The molecule has 7 nitrogen and oxygen atoms in total. The minimum absolute atomic E-state index is 0.0483. The second kappa shape index (κ2) is 9.13. The van der Waals surface area contributed by atoms with Crippen molar-refractivity contribution in [3.63, 3.8) is 0 Å². The Morgan fingerprint density at radius 2 is 1.55 bits per heavy atom. The van der Waals surface area contributed by atoms with Crippen molar-refractivity contribution in [3.8, 4) is 11.4 Å². The number of aromatic hydroxyl groups is 1. The molecule has 1 heterocycles. The molecule has 4 rings (SSSR count). The van der Waals surface area contributed by atoms with Gasteiger partial charge in [0.25, 0.3) is 11.8 Å². The van der Waals surface area contributed by atoms with E-state index < -0.39 is 0 Å². The monoisotopic (exact) mass is 414 g/mol. The summed E-state index contributed by atoms with van der Waals surface area (Å²) in [6.07, 6.45) is 2.36. The van der Waals surface area contributed by atoms with E-state index in [9.17, 15) is 14.7 Å². The summed E-state index contributed by atoms with van der Waals surface area (Å²) in [5.74, 6) is -0.377. The van der Waals surface area contributed by atoms with Gasteiger partial charge >= 0.3 is 0 Å². The van der Waals surface area contributed by atoms with E-state index in [0.29, 0.717) is 30.6 Å². The Morgan fingerprint density at radius 1 is 0.839 bits per heavy atom. The number of amides is 2. The van der Waals surface area contributed by atoms with E-state index >= 15 is 0 Å². The fourth-order valence-corrected chi connectivity index (χ4v) is 3.28. The van der Waals surface area contributed by atoms with Gasteiger partial charge in [-0.05, 0) is 61.0 Å². The van der Waals surface area contributed by atoms with Gasteiger partial charge in [0.05, 0.1) is 11.0 Å². The molecule has 1 aromatic heterocycles. The summed E-state index contributed by atoms with van der Waals surface area (Å²) in [4.78, 5) is 28.8. The van der Waals surface area contributed by atoms with Gasteiger partial charge in [0.1, 0.15) is 12.1 Å². The Kier molecular flexibility index (Phi) is 5.93. The minimum atomic E-state index is -0.259. The van der Waals surface area contributed by atoms with Crippen molar-refractivity contribution in [1.29, 1.82) is 0 Å². The summed E-state index contributed by atoms with van der Waals surface area (Å²) in [7, 11) is 0. The van der Waals surface area contributed by atoms with Crippen LogP contribution >= 0.6 is 0 Å². The second-order valence-electron chi connectivity index (χ2n) is 7.07. The predicted octanol–water partition coefficient (Wildman–Crippen LogP) is 3.28. The molecule has 0 bridgehead atoms. The van der Waals surface area contributed by atoms with E-state index in [1.807, 2.05) is 41.0 Å². The van der Waals surface area contributed by atoms with Gasteiger partial charge in [-0.25, -0.2) is 4.98 Å². The molecule has 0 fully saturated rings. The average Bonchev–Trinajstić information content (AvgIpc) is 3.23. The van der Waals surface area contributed by atoms with Crippen molar-refractivity contribution in [1.82, 2.24) is 20.2 Å². The zero-order chi connectivity index (χ0) is 21.6. The van der Waals surface area contributed by atoms with Gasteiger partial charge in [0.2, 0.25) is 0 Å². The summed E-state index contributed by atoms with van der Waals surface area (Å²) in [5, 5.41) is 15.0. The topological polar surface area (TPSA) is 96.3 Å². The third-order valence-corrected chi connectivity index (χ3v) is 4.89. The first-order chi connectivity index (χ1) is 15.1. The van der Waals surface area contributed by atoms with Crippen molar-refractivity contribution >= 4 is 22.8 Å². The maximum atomic E-state index is 12.4. The smallest absolute Gasteiger partial charge is 0.251 e. The van der Waals surface area contributed by atoms with Crippen LogP contribution in [-0.4, -0.2) is 39.6 Å². The molecule has 0 aliphatic rings. The SMILES string of the molecule is O=C(NCCCNC(=O)c1cccc(O)c1)c1ccc(-n2cnc3ccccc32)cc1. The molecule has 0 saturated heterocycles. The Morgan fingerprint density at radius 3 is 2.29 bits per heavy atom. The molecule has 31 heavy (non-hydrogen) atoms. The van der Waals surface area contributed by atoms with Crippen LogP contribution in [0.5, 0.6) is 5.75 Å². The first kappa shape index (κ1) is 20.2. The summed E-state index contributed by atoms with van der Waals surface area (Å²) in [6.45, 7) is 0.856. The largest absolute Gasteiger partial charge is 0.508 e. The van der Waals surface area contributed by atoms with Crippen LogP contribution < -0.4 is 10.6 Å². The molecular weight excluding hydrogens is 392 g/mol. The summed E-state index contributed by atoms with van der Waals surface area (Å²) in [6, 6.07) is 21.4. The maximum absolute atomic E-state index is 12.4. The number of rotatable bonds is 7. The Labute approximate surface area is 179 Å². The number of imidazole rings is 1. The van der Waals surface area contributed by atoms with Crippen LogP contribution in [-0.2, 0) is 0 Å². The summed E-state index contributed by atoms with van der Waals surface area (Å²) >= 11 is 0. The van der Waals surface area contributed by atoms with Gasteiger partial charge in [-0.3, -0.25) is 14.2 Å². The molecule has 0 saturated carbocycles. The first-order valence-electron chi connectivity index (χ1n) is 10.00. The lowest BCUT2D eigenvalue weighted by molar-refractivity contribution is 0.0951. The molecule has 2 amide bonds. The van der Waals surface area contributed by atoms with Crippen LogP contribution in [0.4, 0.5) is 0 Å². The second-order valence-corrected chi connectivity index (χ2v) is 7.07. The Hall–Kier alpha value is -4.13. The molecule has 0 radical (unpaired) electrons. The standard InChI is InChI=1S/C24H22N4O3/c29-20-6-3-5-18(15-20)24(31)26-14-4-13-25-23(30)17-9-11-19(12-10-17)28-16-27-21-7-1-2-8-22(21)28/h1-3,5-12,15-16,29H,4,13-14H2,(H,25,30)(H,26,31). The van der Waals surface area contributed by atoms with Gasteiger partial charge in [-0.1, -0.05) is 18.2 Å². The molecule has 3 N–H and O–H groups in total. The zero-order valence-corrected chi connectivity index (χ0v) is 16.8. The van der Waals surface area contributed by atoms with Crippen molar-refractivity contribution < 1.29 is 14.7 Å². The number of nitrogens with zero attached hydrogens (tertiary/aromatic N) is 2. The van der Waals surface area contributed by atoms with Crippen molar-refractivity contribution in [2.75, 3.05) is 13.1 Å². The van der Waals surface area contributed by atoms with Gasteiger partial charge in [-0.15, -0.1) is 0 Å². The average molecular weight is 414 g/mol. The van der Waals surface area contributed by atoms with Crippen molar-refractivity contribution in [2.45, 2.75) is 6.42 Å². The molecule has 156 valence electrons. The molecule has 0 unspecified atom stereocenters. The van der Waals surface area contributed by atoms with E-state index in [4.69, 9.17) is 0 Å². The van der Waals surface area contributed by atoms with Crippen LogP contribution in [0.3, 0.4) is 0 Å². The number of fused-ring (bicyclic) bond motifs is 1. The van der Waals surface area contributed by atoms with Crippen LogP contribution in [0.25, 0.3) is 16.7 Å². The summed E-state index contributed by atoms with van der Waals surface area (Å²) in [5.41, 5.74) is 3.82. The highest BCUT2D eigenvalue weighted by molar-refractivity contribution is 5.95. The fourth-order valence-electron chi connectivity index (χ4n) is 3.28. The number of carbonyl (C=O) groups excluding carboxylic acids is 2. The molecule has 4 aromatic rings. The van der Waals surface area contributed by atoms with Gasteiger partial charge in [0.15, 0.2) is 0 Å². The third kappa shape index (κ3) is 4.72. The van der Waals surface area contributed by atoms with Crippen LogP contribution in [0, 0.1) is 0 Å². The van der Waals surface area contributed by atoms with E-state index in [1.165, 1.54) is 12.1 Å². The number of nitrogens with one attached hydrogen (secondary N) is 2. The highest BCUT2D eigenvalue weighted by atomic mass is 16.3. The van der Waals surface area contributed by atoms with Crippen LogP contribution in [0.2, 0.25) is 0 Å². The highest BCUT2D eigenvalue weighted by Gasteiger charge is 2.08. The van der Waals surface area contributed by atoms with Crippen molar-refractivity contribution in [2.24, 2.45) is 0 Å². The quantitative estimate of drug-likeness (QED) is 0.405. The summed E-state index contributed by atoms with van der Waals surface area (Å²) < 4.78 is 1.98. The third-order valence-electron chi connectivity index (χ3n) is 4.89. The molecule has 3 aromatic carbocycles. The lowest BCUT2D eigenvalue weighted by Crippen LogP contribution is -2.29. The molecule has 7 heteroatoms. The van der Waals surface area contributed by atoms with Gasteiger partial charge in [0, 0.05) is 29.9 Å². The minimum Gasteiger partial charge on any atom is -0.508 e. The Balaban J connectivity index is 1.26. The van der Waals surface area contributed by atoms with Crippen LogP contribution in [0.1, 0.15) is 27.1 Å². The fraction of sp³-hybridized carbons (Fsp3) is 0.125. The number of phenols is 1. The maximum Gasteiger partial charge on any atom is 0.251 e. The number of phenolic OH excluding ortho intramolecular Hbond substituents is 1. The highest BCUT2D eigenvalue weighted by Crippen LogP contribution is 2.18. The number of benzene rings is 3. The number of para-hydroxylation sites is 2. The molecule has 0 aliphatic carbocycles. The van der Waals surface area contributed by atoms with E-state index in [1.54, 1.807) is 30.6 Å². The number of hydrogen-bond donors (Lipinski definition) is 3. The zero-order valence-electron chi connectivity index (χ0n) is 16.8. The number of aromatic nitrogens is 2. The number of hydrogen-bond acceptors (Lipinski definition) is 4. The van der Waals surface area contributed by atoms with Gasteiger partial charge in [-0.2, -0.15) is 0 Å². The molecule has 0 atom stereocenters. The van der Waals surface area contributed by atoms with Crippen LogP contribution in [0.15, 0.2) is 79.1 Å². The van der Waals surface area contributed by atoms with E-state index in [-0.39, 0.29) is 17.6 Å². The Bertz CT molecular complexity index is 1210. The lowest BCUT2D eigenvalue weighted by Gasteiger charge is -2.08. The van der Waals surface area contributed by atoms with E-state index in [2.05, 4.69) is 15.6 Å². The first-order valence-corrected chi connectivity index (χ1v) is 10.00. The van der Waals surface area contributed by atoms with Crippen molar-refractivity contribution in [3.05, 3.63) is 90.3 Å². The molecule has 0 spiro atoms. The predicted molar refractivity (Wildman–Crippen MR) is 118 cm³/mol. The number of carbonyl (C=O) groups is 2. The van der Waals surface area contributed by atoms with E-state index in [0.717, 1.165) is 16.7 Å². The molecular formula is C24H22N4O3. The normalized spacial score (nSPS) is 10.7.